The third-order valence-electron chi connectivity index (χ3n) is 7.71. The van der Waals surface area contributed by atoms with Gasteiger partial charge in [0.05, 0.1) is 30.7 Å². The fraction of sp³-hybridized carbons (Fsp3) is 0.300. The summed E-state index contributed by atoms with van der Waals surface area (Å²) in [7, 11) is 1.61. The Morgan fingerprint density at radius 2 is 1.61 bits per heavy atom. The van der Waals surface area contributed by atoms with E-state index in [0.717, 1.165) is 22.0 Å². The summed E-state index contributed by atoms with van der Waals surface area (Å²) in [4.78, 5) is 45.2. The van der Waals surface area contributed by atoms with Gasteiger partial charge in [-0.3, -0.25) is 14.4 Å². The largest absolute Gasteiger partial charge is 0.497 e. The highest BCUT2D eigenvalue weighted by molar-refractivity contribution is 6.25. The lowest BCUT2D eigenvalue weighted by Gasteiger charge is -2.38. The summed E-state index contributed by atoms with van der Waals surface area (Å²) in [6.07, 6.45) is 3.93. The zero-order valence-electron chi connectivity index (χ0n) is 20.8. The molecule has 0 N–H and O–H groups in total. The van der Waals surface area contributed by atoms with Crippen molar-refractivity contribution in [3.63, 3.8) is 0 Å². The Morgan fingerprint density at radius 1 is 0.889 bits per heavy atom. The van der Waals surface area contributed by atoms with Crippen LogP contribution in [0.4, 0.5) is 11.4 Å². The van der Waals surface area contributed by atoms with E-state index in [1.54, 1.807) is 7.11 Å². The number of methoxy groups -OCH3 is 1. The van der Waals surface area contributed by atoms with Gasteiger partial charge in [-0.05, 0) is 41.1 Å². The van der Waals surface area contributed by atoms with E-state index in [1.807, 2.05) is 98.5 Å². The van der Waals surface area contributed by atoms with Gasteiger partial charge in [0.25, 0.3) is 0 Å². The van der Waals surface area contributed by atoms with Gasteiger partial charge in [-0.25, -0.2) is 4.90 Å². The van der Waals surface area contributed by atoms with Crippen molar-refractivity contribution in [3.05, 3.63) is 72.3 Å². The van der Waals surface area contributed by atoms with E-state index in [4.69, 9.17) is 4.74 Å². The molecule has 3 aliphatic heterocycles. The molecule has 6 nitrogen and oxygen atoms in total. The van der Waals surface area contributed by atoms with E-state index < -0.39 is 23.3 Å². The number of ketones is 1. The van der Waals surface area contributed by atoms with Crippen molar-refractivity contribution in [3.8, 4) is 5.75 Å². The van der Waals surface area contributed by atoms with Crippen molar-refractivity contribution < 1.29 is 19.1 Å². The molecule has 3 aliphatic rings. The van der Waals surface area contributed by atoms with Gasteiger partial charge in [-0.15, -0.1) is 0 Å². The quantitative estimate of drug-likeness (QED) is 0.501. The molecule has 0 radical (unpaired) electrons. The average Bonchev–Trinajstić information content (AvgIpc) is 3.34. The second-order valence-electron chi connectivity index (χ2n) is 10.8. The van der Waals surface area contributed by atoms with Crippen molar-refractivity contribution in [2.75, 3.05) is 16.9 Å². The number of hydrogen-bond donors (Lipinski definition) is 0. The minimum atomic E-state index is -0.751. The van der Waals surface area contributed by atoms with Crippen LogP contribution < -0.4 is 14.5 Å². The predicted molar refractivity (Wildman–Crippen MR) is 140 cm³/mol. The van der Waals surface area contributed by atoms with Gasteiger partial charge >= 0.3 is 0 Å². The number of ether oxygens (including phenoxy) is 1. The number of imide groups is 1. The number of carbonyl (C=O) groups excluding carboxylic acids is 3. The summed E-state index contributed by atoms with van der Waals surface area (Å²) >= 11 is 0. The van der Waals surface area contributed by atoms with E-state index in [-0.39, 0.29) is 23.6 Å². The fourth-order valence-electron chi connectivity index (χ4n) is 5.99. The lowest BCUT2D eigenvalue weighted by Crippen LogP contribution is -2.51. The Morgan fingerprint density at radius 3 is 2.33 bits per heavy atom. The first-order valence-corrected chi connectivity index (χ1v) is 12.3. The molecule has 0 saturated carbocycles. The molecule has 0 bridgehead atoms. The third-order valence-corrected chi connectivity index (χ3v) is 7.71. The summed E-state index contributed by atoms with van der Waals surface area (Å²) in [5, 5.41) is 1.99. The maximum atomic E-state index is 14.0. The molecule has 3 aromatic rings. The van der Waals surface area contributed by atoms with Crippen molar-refractivity contribution in [2.24, 2.45) is 17.3 Å². The molecule has 6 rings (SSSR count). The molecule has 6 heteroatoms. The molecule has 0 aliphatic carbocycles. The Balaban J connectivity index is 1.48. The number of amides is 2. The van der Waals surface area contributed by atoms with Gasteiger partial charge < -0.3 is 9.64 Å². The first kappa shape index (κ1) is 22.5. The van der Waals surface area contributed by atoms with E-state index in [9.17, 15) is 14.4 Å². The molecule has 2 saturated heterocycles. The van der Waals surface area contributed by atoms with Crippen LogP contribution in [0.15, 0.2) is 66.7 Å². The van der Waals surface area contributed by atoms with Crippen LogP contribution in [0.25, 0.3) is 16.8 Å². The highest BCUT2D eigenvalue weighted by Gasteiger charge is 2.65. The number of nitrogens with zero attached hydrogens (tertiary/aromatic N) is 2. The first-order chi connectivity index (χ1) is 17.2. The van der Waals surface area contributed by atoms with E-state index in [2.05, 4.69) is 0 Å². The Labute approximate surface area is 210 Å². The van der Waals surface area contributed by atoms with Crippen LogP contribution in [0.5, 0.6) is 5.75 Å². The highest BCUT2D eigenvalue weighted by atomic mass is 16.5. The van der Waals surface area contributed by atoms with Gasteiger partial charge in [-0.2, -0.15) is 0 Å². The Bertz CT molecular complexity index is 1470. The van der Waals surface area contributed by atoms with Crippen molar-refractivity contribution in [2.45, 2.75) is 32.9 Å². The number of rotatable bonds is 3. The zero-order chi connectivity index (χ0) is 25.4. The van der Waals surface area contributed by atoms with E-state index in [0.29, 0.717) is 11.4 Å². The van der Waals surface area contributed by atoms with Crippen LogP contribution >= 0.6 is 0 Å². The molecule has 2 fully saturated rings. The van der Waals surface area contributed by atoms with E-state index in [1.165, 1.54) is 4.90 Å². The minimum absolute atomic E-state index is 0.0430. The minimum Gasteiger partial charge on any atom is -0.497 e. The molecule has 3 heterocycles. The van der Waals surface area contributed by atoms with E-state index >= 15 is 0 Å². The molecule has 3 aromatic carbocycles. The van der Waals surface area contributed by atoms with Crippen LogP contribution in [0.2, 0.25) is 0 Å². The van der Waals surface area contributed by atoms with Gasteiger partial charge in [0.2, 0.25) is 11.8 Å². The van der Waals surface area contributed by atoms with Gasteiger partial charge in [0.15, 0.2) is 5.78 Å². The van der Waals surface area contributed by atoms with Crippen molar-refractivity contribution in [1.29, 1.82) is 0 Å². The number of benzene rings is 3. The summed E-state index contributed by atoms with van der Waals surface area (Å²) in [5.74, 6) is -1.27. The Kier molecular flexibility index (Phi) is 4.87. The molecular weight excluding hydrogens is 452 g/mol. The molecule has 182 valence electrons. The maximum absolute atomic E-state index is 14.0. The van der Waals surface area contributed by atoms with Crippen LogP contribution in [-0.4, -0.2) is 36.8 Å². The van der Waals surface area contributed by atoms with Crippen LogP contribution in [0, 0.1) is 17.3 Å². The van der Waals surface area contributed by atoms with Crippen molar-refractivity contribution >= 4 is 45.8 Å². The fourth-order valence-corrected chi connectivity index (χ4v) is 5.99. The number of Topliss-reactive ketones (excluding diaryl/α,β-unsaturated/α-hetero) is 1. The van der Waals surface area contributed by atoms with Crippen LogP contribution in [-0.2, 0) is 14.4 Å². The van der Waals surface area contributed by atoms with Gasteiger partial charge in [-0.1, -0.05) is 63.3 Å². The molecular formula is C30H28N2O4. The van der Waals surface area contributed by atoms with Crippen molar-refractivity contribution in [1.82, 2.24) is 0 Å². The van der Waals surface area contributed by atoms with Crippen LogP contribution in [0.1, 0.15) is 26.3 Å². The standard InChI is InChI=1S/C30H28N2O4/c1-30(2,3)27(33)26-25-24(23-13-10-19-16-21(36-4)12-14-22(19)32(23)26)28(34)31(29(25)35)20-11-9-17-7-5-6-8-18(17)15-20/h5-16,23-26H,1-4H3/t23-,24-,25+,26+/m1/s1. The normalized spacial score (nSPS) is 24.7. The molecule has 0 spiro atoms. The zero-order valence-corrected chi connectivity index (χ0v) is 20.8. The number of anilines is 2. The lowest BCUT2D eigenvalue weighted by atomic mass is 9.79. The number of carbonyl (C=O) groups is 3. The second-order valence-corrected chi connectivity index (χ2v) is 10.8. The summed E-state index contributed by atoms with van der Waals surface area (Å²) in [6, 6.07) is 18.0. The monoisotopic (exact) mass is 480 g/mol. The number of hydrogen-bond acceptors (Lipinski definition) is 5. The molecule has 4 atom stereocenters. The maximum Gasteiger partial charge on any atom is 0.240 e. The Hall–Kier alpha value is -3.93. The van der Waals surface area contributed by atoms with Gasteiger partial charge in [0.1, 0.15) is 11.8 Å². The molecule has 36 heavy (non-hydrogen) atoms. The lowest BCUT2D eigenvalue weighted by molar-refractivity contribution is -0.132. The smallest absolute Gasteiger partial charge is 0.240 e. The number of fused-ring (bicyclic) bond motifs is 6. The molecule has 0 unspecified atom stereocenters. The summed E-state index contributed by atoms with van der Waals surface area (Å²) < 4.78 is 5.39. The van der Waals surface area contributed by atoms with Crippen LogP contribution in [0.3, 0.4) is 0 Å². The molecule has 0 aromatic heterocycles. The topological polar surface area (TPSA) is 66.9 Å². The molecule has 2 amide bonds. The predicted octanol–water partition coefficient (Wildman–Crippen LogP) is 4.85. The summed E-state index contributed by atoms with van der Waals surface area (Å²) in [5.41, 5.74) is 1.62. The third kappa shape index (κ3) is 3.13. The summed E-state index contributed by atoms with van der Waals surface area (Å²) in [6.45, 7) is 5.61. The highest BCUT2D eigenvalue weighted by Crippen LogP contribution is 2.51. The van der Waals surface area contributed by atoms with Gasteiger partial charge in [0, 0.05) is 16.7 Å². The second kappa shape index (κ2) is 7.79. The SMILES string of the molecule is COc1ccc2c(c1)C=C[C@@H]1[C@H]3C(=O)N(c4ccc5ccccc5c4)C(=O)[C@@H]3[C@@H](C(=O)C(C)(C)C)N21. The average molecular weight is 481 g/mol. The first-order valence-electron chi connectivity index (χ1n) is 12.3.